The summed E-state index contributed by atoms with van der Waals surface area (Å²) in [6.45, 7) is 10.6. The van der Waals surface area contributed by atoms with Crippen LogP contribution in [0.15, 0.2) is 24.3 Å². The van der Waals surface area contributed by atoms with Crippen molar-refractivity contribution in [2.45, 2.75) is 46.1 Å². The number of likely N-dealkylation sites (tertiary alicyclic amines) is 1. The largest absolute Gasteiger partial charge is 0.494 e. The van der Waals surface area contributed by atoms with Crippen LogP contribution in [0.1, 0.15) is 51.6 Å². The van der Waals surface area contributed by atoms with Gasteiger partial charge in [0.15, 0.2) is 0 Å². The molecule has 1 aromatic carbocycles. The van der Waals surface area contributed by atoms with E-state index in [0.29, 0.717) is 18.0 Å². The molecule has 1 aliphatic heterocycles. The number of hydrogen-bond donors (Lipinski definition) is 1. The summed E-state index contributed by atoms with van der Waals surface area (Å²) in [4.78, 5) is 2.53. The Balaban J connectivity index is 2.07. The Kier molecular flexibility index (Phi) is 5.65. The Bertz CT molecular complexity index is 435. The fourth-order valence-electron chi connectivity index (χ4n) is 2.97. The minimum absolute atomic E-state index is 0.311. The summed E-state index contributed by atoms with van der Waals surface area (Å²) < 4.78 is 5.75. The molecular formula is C18H30N2O. The van der Waals surface area contributed by atoms with Gasteiger partial charge in [-0.15, -0.1) is 0 Å². The van der Waals surface area contributed by atoms with E-state index in [-0.39, 0.29) is 0 Å². The number of rotatable bonds is 6. The average Bonchev–Trinajstić information content (AvgIpc) is 2.48. The van der Waals surface area contributed by atoms with E-state index in [9.17, 15) is 0 Å². The highest BCUT2D eigenvalue weighted by molar-refractivity contribution is 5.31. The van der Waals surface area contributed by atoms with Crippen LogP contribution in [0.5, 0.6) is 5.75 Å². The van der Waals surface area contributed by atoms with Crippen LogP contribution in [0.2, 0.25) is 0 Å². The van der Waals surface area contributed by atoms with Gasteiger partial charge in [0, 0.05) is 12.6 Å². The summed E-state index contributed by atoms with van der Waals surface area (Å²) in [6, 6.07) is 8.76. The molecule has 3 nitrogen and oxygen atoms in total. The molecule has 0 aromatic heterocycles. The first-order valence-corrected chi connectivity index (χ1v) is 8.22. The van der Waals surface area contributed by atoms with Crippen LogP contribution in [0.25, 0.3) is 0 Å². The van der Waals surface area contributed by atoms with Gasteiger partial charge in [0.2, 0.25) is 0 Å². The van der Waals surface area contributed by atoms with Crippen molar-refractivity contribution in [2.75, 3.05) is 26.2 Å². The second-order valence-electron chi connectivity index (χ2n) is 6.87. The number of nitrogens with zero attached hydrogens (tertiary/aromatic N) is 1. The molecule has 2 rings (SSSR count). The third-order valence-corrected chi connectivity index (χ3v) is 4.53. The second kappa shape index (κ2) is 7.28. The van der Waals surface area contributed by atoms with Crippen LogP contribution in [0.3, 0.4) is 0 Å². The summed E-state index contributed by atoms with van der Waals surface area (Å²) in [7, 11) is 0. The van der Waals surface area contributed by atoms with Crippen molar-refractivity contribution in [3.8, 4) is 5.75 Å². The molecule has 0 amide bonds. The third-order valence-electron chi connectivity index (χ3n) is 4.53. The maximum atomic E-state index is 6.07. The van der Waals surface area contributed by atoms with Gasteiger partial charge in [-0.05, 0) is 55.5 Å². The first kappa shape index (κ1) is 16.3. The zero-order valence-corrected chi connectivity index (χ0v) is 13.8. The highest BCUT2D eigenvalue weighted by atomic mass is 16.5. The molecule has 1 unspecified atom stereocenters. The van der Waals surface area contributed by atoms with E-state index >= 15 is 0 Å². The van der Waals surface area contributed by atoms with Crippen molar-refractivity contribution in [3.63, 3.8) is 0 Å². The Hall–Kier alpha value is -1.06. The first-order chi connectivity index (χ1) is 10.1. The fourth-order valence-corrected chi connectivity index (χ4v) is 2.97. The van der Waals surface area contributed by atoms with E-state index in [2.05, 4.69) is 43.9 Å². The van der Waals surface area contributed by atoms with Crippen molar-refractivity contribution < 1.29 is 4.74 Å². The summed E-state index contributed by atoms with van der Waals surface area (Å²) in [5, 5.41) is 0. The van der Waals surface area contributed by atoms with Crippen LogP contribution in [-0.4, -0.2) is 31.1 Å². The molecule has 1 atom stereocenters. The molecule has 1 heterocycles. The molecule has 21 heavy (non-hydrogen) atoms. The molecule has 1 fully saturated rings. The lowest BCUT2D eigenvalue weighted by Gasteiger charge is -2.41. The lowest BCUT2D eigenvalue weighted by molar-refractivity contribution is 0.0963. The van der Waals surface area contributed by atoms with Gasteiger partial charge in [-0.3, -0.25) is 4.90 Å². The lowest BCUT2D eigenvalue weighted by atomic mass is 9.82. The normalized spacial score (nSPS) is 20.2. The minimum Gasteiger partial charge on any atom is -0.494 e. The van der Waals surface area contributed by atoms with Crippen molar-refractivity contribution in [1.82, 2.24) is 4.90 Å². The van der Waals surface area contributed by atoms with Crippen LogP contribution in [0, 0.1) is 5.41 Å². The maximum Gasteiger partial charge on any atom is 0.119 e. The Morgan fingerprint density at radius 2 is 2.00 bits per heavy atom. The SMILES string of the molecule is CCCOc1cccc(C(CN)N2CCC(C)(C)CC2)c1. The van der Waals surface area contributed by atoms with E-state index < -0.39 is 0 Å². The summed E-state index contributed by atoms with van der Waals surface area (Å²) in [5.74, 6) is 0.963. The van der Waals surface area contributed by atoms with Gasteiger partial charge in [0.1, 0.15) is 5.75 Å². The predicted octanol–water partition coefficient (Wildman–Crippen LogP) is 3.60. The van der Waals surface area contributed by atoms with Gasteiger partial charge in [-0.2, -0.15) is 0 Å². The molecular weight excluding hydrogens is 260 g/mol. The molecule has 1 saturated heterocycles. The molecule has 118 valence electrons. The standard InChI is InChI=1S/C18H30N2O/c1-4-12-21-16-7-5-6-15(13-16)17(14-19)20-10-8-18(2,3)9-11-20/h5-7,13,17H,4,8-12,14,19H2,1-3H3. The Morgan fingerprint density at radius 1 is 1.29 bits per heavy atom. The quantitative estimate of drug-likeness (QED) is 0.870. The number of benzene rings is 1. The Labute approximate surface area is 129 Å². The lowest BCUT2D eigenvalue weighted by Crippen LogP contribution is -2.42. The number of ether oxygens (including phenoxy) is 1. The summed E-state index contributed by atoms with van der Waals surface area (Å²) >= 11 is 0. The highest BCUT2D eigenvalue weighted by Gasteiger charge is 2.29. The number of hydrogen-bond acceptors (Lipinski definition) is 3. The fraction of sp³-hybridized carbons (Fsp3) is 0.667. The zero-order chi connectivity index (χ0) is 15.3. The molecule has 1 aliphatic rings. The summed E-state index contributed by atoms with van der Waals surface area (Å²) in [5.41, 5.74) is 7.83. The van der Waals surface area contributed by atoms with Crippen molar-refractivity contribution in [3.05, 3.63) is 29.8 Å². The van der Waals surface area contributed by atoms with Crippen molar-refractivity contribution in [2.24, 2.45) is 11.1 Å². The van der Waals surface area contributed by atoms with Crippen molar-refractivity contribution >= 4 is 0 Å². The van der Waals surface area contributed by atoms with Gasteiger partial charge in [-0.25, -0.2) is 0 Å². The van der Waals surface area contributed by atoms with Gasteiger partial charge < -0.3 is 10.5 Å². The van der Waals surface area contributed by atoms with Gasteiger partial charge in [0.05, 0.1) is 6.61 Å². The molecule has 0 spiro atoms. The van der Waals surface area contributed by atoms with Crippen LogP contribution < -0.4 is 10.5 Å². The molecule has 0 aliphatic carbocycles. The maximum absolute atomic E-state index is 6.07. The molecule has 3 heteroatoms. The summed E-state index contributed by atoms with van der Waals surface area (Å²) in [6.07, 6.45) is 3.52. The molecule has 0 saturated carbocycles. The Morgan fingerprint density at radius 3 is 2.62 bits per heavy atom. The van der Waals surface area contributed by atoms with Gasteiger partial charge in [-0.1, -0.05) is 32.9 Å². The van der Waals surface area contributed by atoms with Gasteiger partial charge in [0.25, 0.3) is 0 Å². The number of piperidine rings is 1. The van der Waals surface area contributed by atoms with E-state index in [1.54, 1.807) is 0 Å². The van der Waals surface area contributed by atoms with Crippen LogP contribution in [0.4, 0.5) is 0 Å². The zero-order valence-electron chi connectivity index (χ0n) is 13.8. The predicted molar refractivity (Wildman–Crippen MR) is 88.6 cm³/mol. The smallest absolute Gasteiger partial charge is 0.119 e. The molecule has 0 radical (unpaired) electrons. The van der Waals surface area contributed by atoms with E-state index in [4.69, 9.17) is 10.5 Å². The first-order valence-electron chi connectivity index (χ1n) is 8.22. The van der Waals surface area contributed by atoms with E-state index in [1.807, 2.05) is 6.07 Å². The van der Waals surface area contributed by atoms with Crippen LogP contribution in [-0.2, 0) is 0 Å². The van der Waals surface area contributed by atoms with E-state index in [1.165, 1.54) is 18.4 Å². The monoisotopic (exact) mass is 290 g/mol. The van der Waals surface area contributed by atoms with Crippen molar-refractivity contribution in [1.29, 1.82) is 0 Å². The molecule has 1 aromatic rings. The average molecular weight is 290 g/mol. The minimum atomic E-state index is 0.311. The van der Waals surface area contributed by atoms with Crippen LogP contribution >= 0.6 is 0 Å². The van der Waals surface area contributed by atoms with E-state index in [0.717, 1.165) is 31.9 Å². The highest BCUT2D eigenvalue weighted by Crippen LogP contribution is 2.34. The van der Waals surface area contributed by atoms with Gasteiger partial charge >= 0.3 is 0 Å². The number of nitrogens with two attached hydrogens (primary N) is 1. The molecule has 0 bridgehead atoms. The molecule has 2 N–H and O–H groups in total. The second-order valence-corrected chi connectivity index (χ2v) is 6.87. The topological polar surface area (TPSA) is 38.5 Å². The third kappa shape index (κ3) is 4.45.